The van der Waals surface area contributed by atoms with Crippen LogP contribution < -0.4 is 5.32 Å². The fourth-order valence-corrected chi connectivity index (χ4v) is 3.48. The highest BCUT2D eigenvalue weighted by Crippen LogP contribution is 2.37. The monoisotopic (exact) mass is 397 g/mol. The van der Waals surface area contributed by atoms with Gasteiger partial charge in [-0.15, -0.1) is 0 Å². The maximum absolute atomic E-state index is 12.6. The highest BCUT2D eigenvalue weighted by atomic mass is 19.4. The van der Waals surface area contributed by atoms with Crippen LogP contribution in [0.1, 0.15) is 30.9 Å². The average molecular weight is 397 g/mol. The highest BCUT2D eigenvalue weighted by molar-refractivity contribution is 5.82. The summed E-state index contributed by atoms with van der Waals surface area (Å²) >= 11 is 0. The van der Waals surface area contributed by atoms with Crippen molar-refractivity contribution in [3.63, 3.8) is 0 Å². The number of carbonyl (C=O) groups excluding carboxylic acids is 2. The Balaban J connectivity index is 1.36. The van der Waals surface area contributed by atoms with Crippen LogP contribution in [0.15, 0.2) is 24.3 Å². The molecule has 0 unspecified atom stereocenters. The first-order valence-corrected chi connectivity index (χ1v) is 9.68. The zero-order chi connectivity index (χ0) is 20.3. The first-order valence-electron chi connectivity index (χ1n) is 9.68. The molecule has 1 aliphatic carbocycles. The largest absolute Gasteiger partial charge is 0.416 e. The molecule has 2 fully saturated rings. The zero-order valence-corrected chi connectivity index (χ0v) is 16.0. The molecule has 5 nitrogen and oxygen atoms in total. The molecule has 0 radical (unpaired) electrons. The molecule has 8 heteroatoms. The number of rotatable bonds is 6. The number of alkyl halides is 3. The number of hydrogen-bond donors (Lipinski definition) is 1. The fourth-order valence-electron chi connectivity index (χ4n) is 3.48. The molecule has 0 bridgehead atoms. The second kappa shape index (κ2) is 8.51. The smallest absolute Gasteiger partial charge is 0.355 e. The van der Waals surface area contributed by atoms with E-state index in [0.717, 1.165) is 24.1 Å². The number of hydrogen-bond acceptors (Lipinski definition) is 3. The van der Waals surface area contributed by atoms with Crippen LogP contribution in [-0.4, -0.2) is 54.3 Å². The third-order valence-corrected chi connectivity index (χ3v) is 5.50. The molecule has 154 valence electrons. The van der Waals surface area contributed by atoms with Crippen LogP contribution in [0.2, 0.25) is 0 Å². The first kappa shape index (κ1) is 20.6. The van der Waals surface area contributed by atoms with E-state index in [1.165, 1.54) is 12.1 Å². The highest BCUT2D eigenvalue weighted by Gasteiger charge is 2.38. The number of carbonyl (C=O) groups is 2. The number of benzene rings is 1. The quantitative estimate of drug-likeness (QED) is 0.803. The van der Waals surface area contributed by atoms with E-state index in [4.69, 9.17) is 0 Å². The molecule has 1 N–H and O–H groups in total. The number of nitrogens with zero attached hydrogens (tertiary/aromatic N) is 2. The second-order valence-corrected chi connectivity index (χ2v) is 7.71. The van der Waals surface area contributed by atoms with Crippen molar-refractivity contribution in [3.8, 4) is 0 Å². The lowest BCUT2D eigenvalue weighted by atomic mass is 10.1. The van der Waals surface area contributed by atoms with E-state index in [0.29, 0.717) is 51.6 Å². The minimum atomic E-state index is -4.32. The van der Waals surface area contributed by atoms with Gasteiger partial charge < -0.3 is 10.2 Å². The van der Waals surface area contributed by atoms with Crippen LogP contribution in [0.5, 0.6) is 0 Å². The van der Waals surface area contributed by atoms with Crippen LogP contribution in [0.3, 0.4) is 0 Å². The Morgan fingerprint density at radius 1 is 1.11 bits per heavy atom. The van der Waals surface area contributed by atoms with E-state index in [1.807, 2.05) is 6.92 Å². The Labute approximate surface area is 162 Å². The Kier molecular flexibility index (Phi) is 6.27. The predicted octanol–water partition coefficient (Wildman–Crippen LogP) is 2.51. The second-order valence-electron chi connectivity index (χ2n) is 7.71. The Morgan fingerprint density at radius 2 is 1.71 bits per heavy atom. The molecule has 3 rings (SSSR count). The van der Waals surface area contributed by atoms with Crippen LogP contribution in [-0.2, 0) is 22.3 Å². The summed E-state index contributed by atoms with van der Waals surface area (Å²) in [6.07, 6.45) is -3.09. The molecule has 1 aromatic carbocycles. The van der Waals surface area contributed by atoms with E-state index in [1.54, 1.807) is 4.90 Å². The first-order chi connectivity index (χ1) is 13.2. The molecule has 1 aromatic rings. The van der Waals surface area contributed by atoms with Crippen molar-refractivity contribution in [2.24, 2.45) is 11.8 Å². The third-order valence-electron chi connectivity index (χ3n) is 5.50. The summed E-state index contributed by atoms with van der Waals surface area (Å²) < 4.78 is 37.9. The van der Waals surface area contributed by atoms with Crippen molar-refractivity contribution in [1.82, 2.24) is 15.1 Å². The van der Waals surface area contributed by atoms with Crippen LogP contribution in [0, 0.1) is 11.8 Å². The maximum Gasteiger partial charge on any atom is 0.416 e. The summed E-state index contributed by atoms with van der Waals surface area (Å²) in [5.41, 5.74) is 0.180. The van der Waals surface area contributed by atoms with Gasteiger partial charge in [-0.2, -0.15) is 13.2 Å². The summed E-state index contributed by atoms with van der Waals surface area (Å²) in [6, 6.07) is 5.21. The molecule has 2 amide bonds. The van der Waals surface area contributed by atoms with Gasteiger partial charge in [0.2, 0.25) is 11.8 Å². The Morgan fingerprint density at radius 3 is 2.25 bits per heavy atom. The topological polar surface area (TPSA) is 52.7 Å². The van der Waals surface area contributed by atoms with E-state index < -0.39 is 11.7 Å². The fraction of sp³-hybridized carbons (Fsp3) is 0.600. The van der Waals surface area contributed by atoms with Gasteiger partial charge in [0.1, 0.15) is 0 Å². The van der Waals surface area contributed by atoms with E-state index in [2.05, 4.69) is 10.2 Å². The van der Waals surface area contributed by atoms with E-state index >= 15 is 0 Å². The Hall–Kier alpha value is -2.09. The van der Waals surface area contributed by atoms with Gasteiger partial charge in [0.15, 0.2) is 0 Å². The minimum absolute atomic E-state index is 0.0262. The van der Waals surface area contributed by atoms with Gasteiger partial charge in [-0.25, -0.2) is 0 Å². The van der Waals surface area contributed by atoms with Crippen molar-refractivity contribution in [3.05, 3.63) is 35.4 Å². The van der Waals surface area contributed by atoms with E-state index in [-0.39, 0.29) is 17.7 Å². The van der Waals surface area contributed by atoms with Gasteiger partial charge in [0.25, 0.3) is 0 Å². The zero-order valence-electron chi connectivity index (χ0n) is 16.0. The molecule has 0 aromatic heterocycles. The van der Waals surface area contributed by atoms with Gasteiger partial charge in [-0.1, -0.05) is 19.1 Å². The summed E-state index contributed by atoms with van der Waals surface area (Å²) in [4.78, 5) is 28.0. The van der Waals surface area contributed by atoms with Crippen molar-refractivity contribution in [2.75, 3.05) is 32.7 Å². The average Bonchev–Trinajstić information content (AvgIpc) is 3.39. The maximum atomic E-state index is 12.6. The molecule has 1 aliphatic heterocycles. The van der Waals surface area contributed by atoms with E-state index in [9.17, 15) is 22.8 Å². The van der Waals surface area contributed by atoms with Crippen molar-refractivity contribution in [2.45, 2.75) is 32.5 Å². The standard InChI is InChI=1S/C20H26F3N3O2/c1-14-12-17(14)19(28)24-7-6-18(27)26-10-8-25(9-11-26)13-15-2-4-16(5-3-15)20(21,22)23/h2-5,14,17H,6-13H2,1H3,(H,24,28)/t14-,17+/m1/s1. The number of amides is 2. The van der Waals surface area contributed by atoms with Crippen molar-refractivity contribution in [1.29, 1.82) is 0 Å². The number of piperazine rings is 1. The number of halogens is 3. The molecule has 1 saturated carbocycles. The summed E-state index contributed by atoms with van der Waals surface area (Å²) in [6.45, 7) is 5.51. The molecular formula is C20H26F3N3O2. The van der Waals surface area contributed by atoms with Crippen LogP contribution >= 0.6 is 0 Å². The molecule has 0 spiro atoms. The van der Waals surface area contributed by atoms with Crippen molar-refractivity contribution >= 4 is 11.8 Å². The molecule has 2 aliphatic rings. The van der Waals surface area contributed by atoms with Gasteiger partial charge in [0, 0.05) is 51.6 Å². The number of nitrogens with one attached hydrogen (secondary N) is 1. The lowest BCUT2D eigenvalue weighted by Crippen LogP contribution is -2.48. The minimum Gasteiger partial charge on any atom is -0.355 e. The molecule has 2 atom stereocenters. The molecule has 1 heterocycles. The molecule has 1 saturated heterocycles. The SMILES string of the molecule is C[C@@H]1C[C@@H]1C(=O)NCCC(=O)N1CCN(Cc2ccc(C(F)(F)F)cc2)CC1. The molecular weight excluding hydrogens is 371 g/mol. The van der Waals surface area contributed by atoms with Gasteiger partial charge in [-0.05, 0) is 30.0 Å². The lowest BCUT2D eigenvalue weighted by molar-refractivity contribution is -0.137. The normalized spacial score (nSPS) is 22.8. The van der Waals surface area contributed by atoms with Gasteiger partial charge >= 0.3 is 6.18 Å². The summed E-state index contributed by atoms with van der Waals surface area (Å²) in [5, 5.41) is 2.82. The summed E-state index contributed by atoms with van der Waals surface area (Å²) in [7, 11) is 0. The van der Waals surface area contributed by atoms with Gasteiger partial charge in [0.05, 0.1) is 5.56 Å². The predicted molar refractivity (Wildman–Crippen MR) is 98.2 cm³/mol. The lowest BCUT2D eigenvalue weighted by Gasteiger charge is -2.35. The molecule has 28 heavy (non-hydrogen) atoms. The van der Waals surface area contributed by atoms with Crippen LogP contribution in [0.4, 0.5) is 13.2 Å². The Bertz CT molecular complexity index is 698. The van der Waals surface area contributed by atoms with Crippen LogP contribution in [0.25, 0.3) is 0 Å². The van der Waals surface area contributed by atoms with Crippen molar-refractivity contribution < 1.29 is 22.8 Å². The third kappa shape index (κ3) is 5.47. The summed E-state index contributed by atoms with van der Waals surface area (Å²) in [5.74, 6) is 0.636. The van der Waals surface area contributed by atoms with Gasteiger partial charge in [-0.3, -0.25) is 14.5 Å².